The van der Waals surface area contributed by atoms with Gasteiger partial charge < -0.3 is 14.8 Å². The lowest BCUT2D eigenvalue weighted by Crippen LogP contribution is -2.50. The van der Waals surface area contributed by atoms with E-state index in [2.05, 4.69) is 17.5 Å². The Morgan fingerprint density at radius 1 is 1.32 bits per heavy atom. The molecule has 2 heterocycles. The van der Waals surface area contributed by atoms with Crippen molar-refractivity contribution < 1.29 is 14.3 Å². The van der Waals surface area contributed by atoms with Crippen LogP contribution in [-0.2, 0) is 9.47 Å². The molecule has 2 atom stereocenters. The Labute approximate surface area is 131 Å². The molecule has 0 aliphatic carbocycles. The van der Waals surface area contributed by atoms with E-state index in [9.17, 15) is 4.79 Å². The highest BCUT2D eigenvalue weighted by Gasteiger charge is 2.27. The topological polar surface area (TPSA) is 47.6 Å². The van der Waals surface area contributed by atoms with Gasteiger partial charge in [-0.05, 0) is 50.5 Å². The Kier molecular flexibility index (Phi) is 4.06. The van der Waals surface area contributed by atoms with E-state index in [0.29, 0.717) is 18.2 Å². The van der Waals surface area contributed by atoms with Gasteiger partial charge in [0.1, 0.15) is 5.60 Å². The van der Waals surface area contributed by atoms with Crippen molar-refractivity contribution in [3.63, 3.8) is 0 Å². The first-order valence-corrected chi connectivity index (χ1v) is 7.79. The second-order valence-electron chi connectivity index (χ2n) is 6.99. The number of nitrogens with one attached hydrogen (secondary N) is 1. The fourth-order valence-electron chi connectivity index (χ4n) is 2.92. The lowest BCUT2D eigenvalue weighted by atomic mass is 9.91. The molecule has 3 rings (SSSR count). The Bertz CT molecular complexity index is 601. The molecule has 4 nitrogen and oxygen atoms in total. The first kappa shape index (κ1) is 15.3. The van der Waals surface area contributed by atoms with Crippen LogP contribution in [0, 0.1) is 0 Å². The van der Waals surface area contributed by atoms with Gasteiger partial charge in [0, 0.05) is 12.1 Å². The van der Waals surface area contributed by atoms with Crippen LogP contribution in [0.5, 0.6) is 0 Å². The third kappa shape index (κ3) is 3.57. The number of rotatable bonds is 2. The molecule has 0 saturated carbocycles. The molecule has 2 unspecified atom stereocenters. The molecule has 1 saturated heterocycles. The van der Waals surface area contributed by atoms with E-state index in [0.717, 1.165) is 18.6 Å². The van der Waals surface area contributed by atoms with Gasteiger partial charge in [0.05, 0.1) is 18.8 Å². The van der Waals surface area contributed by atoms with Crippen molar-refractivity contribution in [1.29, 1.82) is 0 Å². The van der Waals surface area contributed by atoms with Gasteiger partial charge in [-0.3, -0.25) is 0 Å². The molecule has 2 aliphatic rings. The van der Waals surface area contributed by atoms with Crippen molar-refractivity contribution in [2.45, 2.75) is 44.9 Å². The zero-order valence-corrected chi connectivity index (χ0v) is 13.4. The first-order chi connectivity index (χ1) is 10.4. The van der Waals surface area contributed by atoms with Crippen LogP contribution in [0.2, 0.25) is 0 Å². The molecule has 0 amide bonds. The molecule has 4 heteroatoms. The fraction of sp³-hybridized carbons (Fsp3) is 0.500. The van der Waals surface area contributed by atoms with Crippen molar-refractivity contribution in [3.8, 4) is 0 Å². The van der Waals surface area contributed by atoms with Gasteiger partial charge in [-0.25, -0.2) is 4.79 Å². The summed E-state index contributed by atoms with van der Waals surface area (Å²) in [6.45, 7) is 7.10. The van der Waals surface area contributed by atoms with Crippen LogP contribution in [0.25, 0.3) is 5.57 Å². The second kappa shape index (κ2) is 5.86. The third-order valence-corrected chi connectivity index (χ3v) is 3.80. The summed E-state index contributed by atoms with van der Waals surface area (Å²) in [5, 5.41) is 3.53. The molecule has 2 bridgehead atoms. The maximum absolute atomic E-state index is 12.2. The number of benzene rings is 1. The van der Waals surface area contributed by atoms with E-state index < -0.39 is 5.60 Å². The van der Waals surface area contributed by atoms with Crippen LogP contribution in [0.3, 0.4) is 0 Å². The van der Waals surface area contributed by atoms with Crippen LogP contribution >= 0.6 is 0 Å². The number of carbonyl (C=O) groups is 1. The summed E-state index contributed by atoms with van der Waals surface area (Å²) in [6, 6.07) is 8.35. The smallest absolute Gasteiger partial charge is 0.338 e. The maximum atomic E-state index is 12.2. The van der Waals surface area contributed by atoms with Crippen molar-refractivity contribution in [2.75, 3.05) is 13.2 Å². The van der Waals surface area contributed by atoms with Gasteiger partial charge in [-0.15, -0.1) is 0 Å². The van der Waals surface area contributed by atoms with Gasteiger partial charge in [0.2, 0.25) is 0 Å². The summed E-state index contributed by atoms with van der Waals surface area (Å²) in [5.74, 6) is -0.271. The summed E-state index contributed by atoms with van der Waals surface area (Å²) in [4.78, 5) is 12.2. The Morgan fingerprint density at radius 3 is 2.86 bits per heavy atom. The van der Waals surface area contributed by atoms with Gasteiger partial charge in [0.15, 0.2) is 0 Å². The summed E-state index contributed by atoms with van der Waals surface area (Å²) in [5.41, 5.74) is 2.51. The maximum Gasteiger partial charge on any atom is 0.338 e. The minimum atomic E-state index is -0.477. The number of esters is 1. The first-order valence-electron chi connectivity index (χ1n) is 7.79. The average Bonchev–Trinajstić information content (AvgIpc) is 2.45. The van der Waals surface area contributed by atoms with E-state index in [4.69, 9.17) is 9.47 Å². The molecule has 1 fully saturated rings. The third-order valence-electron chi connectivity index (χ3n) is 3.80. The molecule has 118 valence electrons. The minimum absolute atomic E-state index is 0.271. The van der Waals surface area contributed by atoms with Crippen LogP contribution in [-0.4, -0.2) is 36.9 Å². The summed E-state index contributed by atoms with van der Waals surface area (Å²) < 4.78 is 11.0. The van der Waals surface area contributed by atoms with Crippen LogP contribution in [0.15, 0.2) is 30.3 Å². The van der Waals surface area contributed by atoms with Gasteiger partial charge in [-0.2, -0.15) is 0 Å². The molecular formula is C18H23NO3. The summed E-state index contributed by atoms with van der Waals surface area (Å²) >= 11 is 0. The summed E-state index contributed by atoms with van der Waals surface area (Å²) in [6.07, 6.45) is 3.14. The average molecular weight is 301 g/mol. The van der Waals surface area contributed by atoms with E-state index in [1.807, 2.05) is 39.0 Å². The Hall–Kier alpha value is -1.65. The number of fused-ring (bicyclic) bond motifs is 2. The highest BCUT2D eigenvalue weighted by Crippen LogP contribution is 2.27. The standard InChI is InChI=1S/C18H23NO3/c1-18(2,3)22-17(20)13-6-4-5-12(7-13)14-8-15-10-21-11-16(9-14)19-15/h4-8,15-16,19H,9-11H2,1-3H3. The van der Waals surface area contributed by atoms with Crippen LogP contribution < -0.4 is 5.32 Å². The monoisotopic (exact) mass is 301 g/mol. The van der Waals surface area contributed by atoms with Gasteiger partial charge in [0.25, 0.3) is 0 Å². The number of hydrogen-bond acceptors (Lipinski definition) is 4. The lowest BCUT2D eigenvalue weighted by molar-refractivity contribution is 0.00695. The SMILES string of the molecule is CC(C)(C)OC(=O)c1cccc(C2=CC3COCC(C2)N3)c1. The molecule has 0 aromatic heterocycles. The number of ether oxygens (including phenoxy) is 2. The summed E-state index contributed by atoms with van der Waals surface area (Å²) in [7, 11) is 0. The number of hydrogen-bond donors (Lipinski definition) is 1. The highest BCUT2D eigenvalue weighted by molar-refractivity contribution is 5.91. The van der Waals surface area contributed by atoms with Crippen molar-refractivity contribution in [2.24, 2.45) is 0 Å². The molecular weight excluding hydrogens is 278 g/mol. The zero-order valence-electron chi connectivity index (χ0n) is 13.4. The molecule has 1 aromatic rings. The van der Waals surface area contributed by atoms with E-state index in [1.54, 1.807) is 0 Å². The zero-order chi connectivity index (χ0) is 15.7. The fourth-order valence-corrected chi connectivity index (χ4v) is 2.92. The molecule has 0 spiro atoms. The van der Waals surface area contributed by atoms with Gasteiger partial charge >= 0.3 is 5.97 Å². The van der Waals surface area contributed by atoms with E-state index in [1.165, 1.54) is 5.57 Å². The van der Waals surface area contributed by atoms with Crippen molar-refractivity contribution in [1.82, 2.24) is 5.32 Å². The molecule has 0 radical (unpaired) electrons. The van der Waals surface area contributed by atoms with Crippen molar-refractivity contribution in [3.05, 3.63) is 41.5 Å². The predicted molar refractivity (Wildman–Crippen MR) is 85.7 cm³/mol. The molecule has 1 aromatic carbocycles. The van der Waals surface area contributed by atoms with E-state index >= 15 is 0 Å². The lowest BCUT2D eigenvalue weighted by Gasteiger charge is -2.35. The Balaban J connectivity index is 1.82. The molecule has 1 N–H and O–H groups in total. The van der Waals surface area contributed by atoms with Crippen molar-refractivity contribution >= 4 is 11.5 Å². The van der Waals surface area contributed by atoms with E-state index in [-0.39, 0.29) is 12.0 Å². The predicted octanol–water partition coefficient (Wildman–Crippen LogP) is 2.79. The Morgan fingerprint density at radius 2 is 2.14 bits per heavy atom. The molecule has 22 heavy (non-hydrogen) atoms. The highest BCUT2D eigenvalue weighted by atomic mass is 16.6. The van der Waals surface area contributed by atoms with Crippen LogP contribution in [0.4, 0.5) is 0 Å². The molecule has 2 aliphatic heterocycles. The number of carbonyl (C=O) groups excluding carboxylic acids is 1. The quantitative estimate of drug-likeness (QED) is 0.853. The normalized spacial score (nSPS) is 24.6. The van der Waals surface area contributed by atoms with Gasteiger partial charge in [-0.1, -0.05) is 18.2 Å². The second-order valence-corrected chi connectivity index (χ2v) is 6.99. The largest absolute Gasteiger partial charge is 0.456 e. The minimum Gasteiger partial charge on any atom is -0.456 e. The van der Waals surface area contributed by atoms with Crippen LogP contribution in [0.1, 0.15) is 43.1 Å². The number of morpholine rings is 1.